The predicted molar refractivity (Wildman–Crippen MR) is 124 cm³/mol. The summed E-state index contributed by atoms with van der Waals surface area (Å²) in [6.07, 6.45) is -2.18. The average Bonchev–Trinajstić information content (AvgIpc) is 3.52. The second-order valence-electron chi connectivity index (χ2n) is 9.72. The minimum Gasteiger partial charge on any atom is -0.491 e. The standard InChI is InChI=1S/C26H35F3O7/c1-15(2)35-22(33)11-6-4-3-5-10-18-19(30)13-20(31)23(18)25-24(36-25)21(32)14-34-17-9-7-8-16(12-17)26(27,28)29/h3,5,7-9,12,15,18-21,23-25,30-32H,4,6,10-11,13-14H2,1-2H3/b5-3+/t18-,19-,20+,21-,23+,24?,25+/m0/s1. The molecule has 1 unspecified atom stereocenters. The number of hydrogen-bond acceptors (Lipinski definition) is 7. The number of aliphatic hydroxyl groups excluding tert-OH is 3. The molecule has 1 saturated heterocycles. The molecule has 7 atom stereocenters. The number of alkyl halides is 3. The Kier molecular flexibility index (Phi) is 9.79. The summed E-state index contributed by atoms with van der Waals surface area (Å²) in [6, 6.07) is 4.41. The van der Waals surface area contributed by atoms with E-state index in [1.807, 2.05) is 12.2 Å². The highest BCUT2D eigenvalue weighted by atomic mass is 19.4. The van der Waals surface area contributed by atoms with Crippen LogP contribution in [0, 0.1) is 11.8 Å². The molecule has 3 rings (SSSR count). The van der Waals surface area contributed by atoms with Gasteiger partial charge in [-0.15, -0.1) is 0 Å². The number of halogens is 3. The van der Waals surface area contributed by atoms with Crippen molar-refractivity contribution in [3.05, 3.63) is 42.0 Å². The third-order valence-corrected chi connectivity index (χ3v) is 6.51. The number of esters is 1. The van der Waals surface area contributed by atoms with Crippen molar-refractivity contribution in [1.82, 2.24) is 0 Å². The van der Waals surface area contributed by atoms with Gasteiger partial charge in [0, 0.05) is 12.3 Å². The van der Waals surface area contributed by atoms with E-state index in [1.54, 1.807) is 13.8 Å². The van der Waals surface area contributed by atoms with Gasteiger partial charge in [-0.3, -0.25) is 4.79 Å². The predicted octanol–water partition coefficient (Wildman–Crippen LogP) is 3.64. The zero-order valence-corrected chi connectivity index (χ0v) is 20.4. The van der Waals surface area contributed by atoms with Gasteiger partial charge >= 0.3 is 12.1 Å². The first-order chi connectivity index (χ1) is 17.0. The van der Waals surface area contributed by atoms with Crippen molar-refractivity contribution >= 4 is 5.97 Å². The Morgan fingerprint density at radius 1 is 1.22 bits per heavy atom. The minimum atomic E-state index is -4.49. The van der Waals surface area contributed by atoms with E-state index < -0.39 is 42.3 Å². The van der Waals surface area contributed by atoms with Gasteiger partial charge in [0.25, 0.3) is 0 Å². The lowest BCUT2D eigenvalue weighted by atomic mass is 9.86. The molecule has 202 valence electrons. The summed E-state index contributed by atoms with van der Waals surface area (Å²) in [6.45, 7) is 3.33. The molecule has 1 aliphatic carbocycles. The van der Waals surface area contributed by atoms with E-state index in [1.165, 1.54) is 12.1 Å². The maximum atomic E-state index is 12.9. The summed E-state index contributed by atoms with van der Waals surface area (Å²) < 4.78 is 54.7. The topological polar surface area (TPSA) is 109 Å². The monoisotopic (exact) mass is 516 g/mol. The van der Waals surface area contributed by atoms with Crippen molar-refractivity contribution in [2.75, 3.05) is 6.61 Å². The highest BCUT2D eigenvalue weighted by Gasteiger charge is 2.57. The Labute approximate surface area is 208 Å². The summed E-state index contributed by atoms with van der Waals surface area (Å²) in [5, 5.41) is 31.4. The number of benzene rings is 1. The SMILES string of the molecule is CC(C)OC(=O)CCC/C=C/C[C@@H]1[C@@H]([C@H]2OC2[C@@H](O)COc2cccc(C(F)(F)F)c2)[C@H](O)C[C@@H]1O. The van der Waals surface area contributed by atoms with Crippen LogP contribution in [0.15, 0.2) is 36.4 Å². The zero-order valence-electron chi connectivity index (χ0n) is 20.4. The van der Waals surface area contributed by atoms with Gasteiger partial charge < -0.3 is 29.5 Å². The molecule has 10 heteroatoms. The Morgan fingerprint density at radius 3 is 2.67 bits per heavy atom. The molecule has 3 N–H and O–H groups in total. The van der Waals surface area contributed by atoms with Gasteiger partial charge in [0.05, 0.1) is 30.0 Å². The third-order valence-electron chi connectivity index (χ3n) is 6.51. The molecule has 0 amide bonds. The van der Waals surface area contributed by atoms with Gasteiger partial charge in [0.2, 0.25) is 0 Å². The number of carbonyl (C=O) groups is 1. The number of rotatable bonds is 12. The van der Waals surface area contributed by atoms with E-state index in [4.69, 9.17) is 14.2 Å². The highest BCUT2D eigenvalue weighted by molar-refractivity contribution is 5.69. The molecule has 36 heavy (non-hydrogen) atoms. The molecule has 0 aromatic heterocycles. The van der Waals surface area contributed by atoms with Gasteiger partial charge in [0.1, 0.15) is 24.6 Å². The van der Waals surface area contributed by atoms with Gasteiger partial charge in [-0.2, -0.15) is 13.2 Å². The van der Waals surface area contributed by atoms with Gasteiger partial charge in [-0.1, -0.05) is 18.2 Å². The van der Waals surface area contributed by atoms with Gasteiger partial charge in [-0.25, -0.2) is 0 Å². The van der Waals surface area contributed by atoms with Crippen LogP contribution in [-0.4, -0.2) is 64.5 Å². The van der Waals surface area contributed by atoms with Crippen LogP contribution in [-0.2, 0) is 20.4 Å². The average molecular weight is 517 g/mol. The highest BCUT2D eigenvalue weighted by Crippen LogP contribution is 2.46. The Bertz CT molecular complexity index is 889. The first-order valence-corrected chi connectivity index (χ1v) is 12.3. The van der Waals surface area contributed by atoms with E-state index in [0.29, 0.717) is 25.7 Å². The molecule has 1 heterocycles. The van der Waals surface area contributed by atoms with Crippen LogP contribution in [0.1, 0.15) is 51.5 Å². The van der Waals surface area contributed by atoms with Crippen molar-refractivity contribution in [2.24, 2.45) is 11.8 Å². The summed E-state index contributed by atoms with van der Waals surface area (Å²) >= 11 is 0. The smallest absolute Gasteiger partial charge is 0.416 e. The van der Waals surface area contributed by atoms with Crippen LogP contribution < -0.4 is 4.74 Å². The van der Waals surface area contributed by atoms with Crippen LogP contribution in [0.3, 0.4) is 0 Å². The van der Waals surface area contributed by atoms with Crippen LogP contribution in [0.2, 0.25) is 0 Å². The van der Waals surface area contributed by atoms with Crippen LogP contribution >= 0.6 is 0 Å². The quantitative estimate of drug-likeness (QED) is 0.168. The fourth-order valence-corrected chi connectivity index (χ4v) is 4.75. The fourth-order valence-electron chi connectivity index (χ4n) is 4.75. The van der Waals surface area contributed by atoms with E-state index in [9.17, 15) is 33.3 Å². The van der Waals surface area contributed by atoms with Gasteiger partial charge in [-0.05, 0) is 63.6 Å². The Hall–Kier alpha value is -2.14. The van der Waals surface area contributed by atoms with E-state index >= 15 is 0 Å². The largest absolute Gasteiger partial charge is 0.491 e. The van der Waals surface area contributed by atoms with Crippen LogP contribution in [0.4, 0.5) is 13.2 Å². The molecule has 0 radical (unpaired) electrons. The molecule has 2 aliphatic rings. The van der Waals surface area contributed by atoms with Crippen LogP contribution in [0.25, 0.3) is 0 Å². The van der Waals surface area contributed by atoms with E-state index in [2.05, 4.69) is 0 Å². The molecule has 1 saturated carbocycles. The maximum Gasteiger partial charge on any atom is 0.416 e. The number of unbranched alkanes of at least 4 members (excludes halogenated alkanes) is 1. The molecular formula is C26H35F3O7. The number of epoxide rings is 1. The van der Waals surface area contributed by atoms with Crippen molar-refractivity contribution in [3.8, 4) is 5.75 Å². The zero-order chi connectivity index (χ0) is 26.5. The summed E-state index contributed by atoms with van der Waals surface area (Å²) in [7, 11) is 0. The molecule has 7 nitrogen and oxygen atoms in total. The number of allylic oxidation sites excluding steroid dienone is 2. The minimum absolute atomic E-state index is 0.0159. The van der Waals surface area contributed by atoms with Crippen LogP contribution in [0.5, 0.6) is 5.75 Å². The molecule has 0 bridgehead atoms. The van der Waals surface area contributed by atoms with Crippen molar-refractivity contribution in [3.63, 3.8) is 0 Å². The number of carbonyl (C=O) groups excluding carboxylic acids is 1. The molecule has 0 spiro atoms. The normalized spacial score (nSPS) is 29.0. The lowest BCUT2D eigenvalue weighted by molar-refractivity contribution is -0.147. The summed E-state index contributed by atoms with van der Waals surface area (Å²) in [5.41, 5.74) is -0.843. The van der Waals surface area contributed by atoms with Crippen molar-refractivity contribution in [1.29, 1.82) is 0 Å². The molecule has 2 fully saturated rings. The number of ether oxygens (including phenoxy) is 3. The Balaban J connectivity index is 1.46. The van der Waals surface area contributed by atoms with Gasteiger partial charge in [0.15, 0.2) is 0 Å². The van der Waals surface area contributed by atoms with Crippen molar-refractivity contribution in [2.45, 2.75) is 88.8 Å². The number of hydrogen-bond donors (Lipinski definition) is 3. The Morgan fingerprint density at radius 2 is 1.97 bits per heavy atom. The third kappa shape index (κ3) is 7.93. The number of aliphatic hydroxyl groups is 3. The first-order valence-electron chi connectivity index (χ1n) is 12.3. The van der Waals surface area contributed by atoms with E-state index in [0.717, 1.165) is 12.1 Å². The van der Waals surface area contributed by atoms with E-state index in [-0.39, 0.29) is 42.7 Å². The maximum absolute atomic E-state index is 12.9. The van der Waals surface area contributed by atoms with Crippen molar-refractivity contribution < 1.29 is 47.5 Å². The first kappa shape index (κ1) is 28.4. The lowest BCUT2D eigenvalue weighted by Gasteiger charge is -2.21. The second kappa shape index (κ2) is 12.4. The lowest BCUT2D eigenvalue weighted by Crippen LogP contribution is -2.32. The summed E-state index contributed by atoms with van der Waals surface area (Å²) in [5.74, 6) is -0.911. The molecular weight excluding hydrogens is 481 g/mol. The molecule has 1 aliphatic heterocycles. The molecule has 1 aromatic carbocycles. The fraction of sp³-hybridized carbons (Fsp3) is 0.654. The summed E-state index contributed by atoms with van der Waals surface area (Å²) in [4.78, 5) is 11.6. The molecule has 1 aromatic rings. The second-order valence-corrected chi connectivity index (χ2v) is 9.72.